The van der Waals surface area contributed by atoms with E-state index in [0.29, 0.717) is 21.7 Å². The normalized spacial score (nSPS) is 15.9. The van der Waals surface area contributed by atoms with Crippen LogP contribution in [0.5, 0.6) is 0 Å². The monoisotopic (exact) mass is 255 g/mol. The zero-order valence-electron chi connectivity index (χ0n) is 8.59. The number of rotatable bonds is 3. The fraction of sp³-hybridized carbons (Fsp3) is 0.333. The van der Waals surface area contributed by atoms with Gasteiger partial charge in [-0.3, -0.25) is 0 Å². The Morgan fingerprint density at radius 2 is 2.00 bits per heavy atom. The van der Waals surface area contributed by atoms with E-state index in [1.807, 2.05) is 6.07 Å². The van der Waals surface area contributed by atoms with Gasteiger partial charge in [0.2, 0.25) is 0 Å². The van der Waals surface area contributed by atoms with Gasteiger partial charge in [-0.1, -0.05) is 23.2 Å². The van der Waals surface area contributed by atoms with Crippen LogP contribution >= 0.6 is 23.2 Å². The molecule has 1 aliphatic carbocycles. The van der Waals surface area contributed by atoms with Gasteiger partial charge in [0.1, 0.15) is 5.76 Å². The molecule has 0 amide bonds. The van der Waals surface area contributed by atoms with Gasteiger partial charge in [0.25, 0.3) is 0 Å². The fourth-order valence-electron chi connectivity index (χ4n) is 1.73. The molecule has 0 aliphatic heterocycles. The first-order valence-electron chi connectivity index (χ1n) is 5.34. The lowest BCUT2D eigenvalue weighted by atomic mass is 10.2. The van der Waals surface area contributed by atoms with Crippen LogP contribution in [0.15, 0.2) is 22.6 Å². The summed E-state index contributed by atoms with van der Waals surface area (Å²) in [6, 6.07) is 6.17. The van der Waals surface area contributed by atoms with Crippen LogP contribution in [0.3, 0.4) is 0 Å². The van der Waals surface area contributed by atoms with Gasteiger partial charge in [0, 0.05) is 11.4 Å². The standard InChI is InChI=1S/C12H11Cl2NO/c13-10-3-4-11(14)12-9(10)5-8(16-12)6-15-7-1-2-7/h3-5,7,15H,1-2,6H2. The van der Waals surface area contributed by atoms with Crippen LogP contribution in [-0.2, 0) is 6.54 Å². The topological polar surface area (TPSA) is 25.2 Å². The molecule has 1 saturated carbocycles. The smallest absolute Gasteiger partial charge is 0.154 e. The van der Waals surface area contributed by atoms with Crippen molar-refractivity contribution in [3.63, 3.8) is 0 Å². The molecule has 1 aromatic heterocycles. The van der Waals surface area contributed by atoms with Crippen LogP contribution in [0.4, 0.5) is 0 Å². The van der Waals surface area contributed by atoms with E-state index in [9.17, 15) is 0 Å². The summed E-state index contributed by atoms with van der Waals surface area (Å²) in [5.41, 5.74) is 0.682. The van der Waals surface area contributed by atoms with Crippen LogP contribution in [0.2, 0.25) is 10.0 Å². The second-order valence-corrected chi connectivity index (χ2v) is 4.95. The van der Waals surface area contributed by atoms with Crippen molar-refractivity contribution in [3.05, 3.63) is 34.0 Å². The number of halogens is 2. The summed E-state index contributed by atoms with van der Waals surface area (Å²) >= 11 is 12.1. The Balaban J connectivity index is 1.94. The van der Waals surface area contributed by atoms with Crippen molar-refractivity contribution in [3.8, 4) is 0 Å². The first-order chi connectivity index (χ1) is 7.74. The van der Waals surface area contributed by atoms with Crippen LogP contribution in [0.25, 0.3) is 11.0 Å². The summed E-state index contributed by atoms with van der Waals surface area (Å²) in [5, 5.41) is 5.57. The van der Waals surface area contributed by atoms with Crippen molar-refractivity contribution in [1.29, 1.82) is 0 Å². The minimum absolute atomic E-state index is 0.608. The molecule has 1 aliphatic rings. The number of nitrogens with one attached hydrogen (secondary N) is 1. The van der Waals surface area contributed by atoms with E-state index in [-0.39, 0.29) is 0 Å². The molecule has 1 fully saturated rings. The van der Waals surface area contributed by atoms with Crippen molar-refractivity contribution < 1.29 is 4.42 Å². The molecule has 1 aromatic carbocycles. The second kappa shape index (κ2) is 3.95. The van der Waals surface area contributed by atoms with Crippen molar-refractivity contribution >= 4 is 34.2 Å². The van der Waals surface area contributed by atoms with Crippen molar-refractivity contribution in [2.24, 2.45) is 0 Å². The zero-order chi connectivity index (χ0) is 11.1. The highest BCUT2D eigenvalue weighted by Crippen LogP contribution is 2.32. The van der Waals surface area contributed by atoms with Crippen molar-refractivity contribution in [2.75, 3.05) is 0 Å². The lowest BCUT2D eigenvalue weighted by molar-refractivity contribution is 0.512. The Hall–Kier alpha value is -0.700. The van der Waals surface area contributed by atoms with Gasteiger partial charge in [0.15, 0.2) is 5.58 Å². The van der Waals surface area contributed by atoms with Gasteiger partial charge in [-0.25, -0.2) is 0 Å². The van der Waals surface area contributed by atoms with Gasteiger partial charge < -0.3 is 9.73 Å². The second-order valence-electron chi connectivity index (χ2n) is 4.14. The zero-order valence-corrected chi connectivity index (χ0v) is 10.1. The predicted octanol–water partition coefficient (Wildman–Crippen LogP) is 3.99. The molecule has 3 rings (SSSR count). The summed E-state index contributed by atoms with van der Waals surface area (Å²) in [7, 11) is 0. The average Bonchev–Trinajstić information content (AvgIpc) is 2.99. The molecule has 1 heterocycles. The third-order valence-corrected chi connectivity index (χ3v) is 3.40. The summed E-state index contributed by atoms with van der Waals surface area (Å²) in [6.45, 7) is 0.742. The number of benzene rings is 1. The Bertz CT molecular complexity index is 492. The first-order valence-corrected chi connectivity index (χ1v) is 6.09. The molecular weight excluding hydrogens is 245 g/mol. The molecule has 0 radical (unpaired) electrons. The Morgan fingerprint density at radius 1 is 1.25 bits per heavy atom. The van der Waals surface area contributed by atoms with E-state index < -0.39 is 0 Å². The van der Waals surface area contributed by atoms with Crippen LogP contribution in [0.1, 0.15) is 18.6 Å². The molecular formula is C12H11Cl2NO. The third kappa shape index (κ3) is 1.93. The summed E-state index contributed by atoms with van der Waals surface area (Å²) in [4.78, 5) is 0. The summed E-state index contributed by atoms with van der Waals surface area (Å²) in [6.07, 6.45) is 2.53. The molecule has 2 nitrogen and oxygen atoms in total. The van der Waals surface area contributed by atoms with E-state index in [1.54, 1.807) is 12.1 Å². The van der Waals surface area contributed by atoms with Crippen LogP contribution in [-0.4, -0.2) is 6.04 Å². The molecule has 16 heavy (non-hydrogen) atoms. The Labute approximate surface area is 104 Å². The lowest BCUT2D eigenvalue weighted by Gasteiger charge is -1.97. The molecule has 0 spiro atoms. The molecule has 0 unspecified atom stereocenters. The predicted molar refractivity (Wildman–Crippen MR) is 66.1 cm³/mol. The van der Waals surface area contributed by atoms with Crippen molar-refractivity contribution in [2.45, 2.75) is 25.4 Å². The largest absolute Gasteiger partial charge is 0.458 e. The minimum atomic E-state index is 0.608. The van der Waals surface area contributed by atoms with E-state index in [2.05, 4.69) is 5.32 Å². The van der Waals surface area contributed by atoms with Crippen molar-refractivity contribution in [1.82, 2.24) is 5.32 Å². The SMILES string of the molecule is Clc1ccc(Cl)c2oc(CNC3CC3)cc12. The van der Waals surface area contributed by atoms with Gasteiger partial charge in [-0.2, -0.15) is 0 Å². The van der Waals surface area contributed by atoms with E-state index in [0.717, 1.165) is 17.7 Å². The Morgan fingerprint density at radius 3 is 2.69 bits per heavy atom. The molecule has 0 saturated heterocycles. The van der Waals surface area contributed by atoms with Crippen LogP contribution in [0, 0.1) is 0 Å². The molecule has 2 aromatic rings. The maximum atomic E-state index is 6.08. The molecule has 84 valence electrons. The highest BCUT2D eigenvalue weighted by atomic mass is 35.5. The number of furan rings is 1. The lowest BCUT2D eigenvalue weighted by Crippen LogP contribution is -2.14. The fourth-order valence-corrected chi connectivity index (χ4v) is 2.13. The minimum Gasteiger partial charge on any atom is -0.458 e. The Kier molecular flexibility index (Phi) is 2.58. The van der Waals surface area contributed by atoms with Gasteiger partial charge in [0.05, 0.1) is 16.6 Å². The number of fused-ring (bicyclic) bond motifs is 1. The average molecular weight is 256 g/mol. The van der Waals surface area contributed by atoms with Gasteiger partial charge in [-0.15, -0.1) is 0 Å². The van der Waals surface area contributed by atoms with E-state index in [1.165, 1.54) is 12.8 Å². The molecule has 0 atom stereocenters. The maximum Gasteiger partial charge on any atom is 0.154 e. The van der Waals surface area contributed by atoms with E-state index >= 15 is 0 Å². The highest BCUT2D eigenvalue weighted by Gasteiger charge is 2.21. The molecule has 4 heteroatoms. The van der Waals surface area contributed by atoms with Crippen LogP contribution < -0.4 is 5.32 Å². The quantitative estimate of drug-likeness (QED) is 0.898. The highest BCUT2D eigenvalue weighted by molar-refractivity contribution is 6.39. The molecule has 1 N–H and O–H groups in total. The third-order valence-electron chi connectivity index (χ3n) is 2.78. The summed E-state index contributed by atoms with van der Waals surface area (Å²) in [5.74, 6) is 0.886. The molecule has 0 bridgehead atoms. The number of hydrogen-bond donors (Lipinski definition) is 1. The summed E-state index contributed by atoms with van der Waals surface area (Å²) < 4.78 is 5.68. The van der Waals surface area contributed by atoms with Gasteiger partial charge in [-0.05, 0) is 31.0 Å². The van der Waals surface area contributed by atoms with Gasteiger partial charge >= 0.3 is 0 Å². The number of hydrogen-bond acceptors (Lipinski definition) is 2. The maximum absolute atomic E-state index is 6.08. The van der Waals surface area contributed by atoms with E-state index in [4.69, 9.17) is 27.6 Å². The first kappa shape index (κ1) is 10.5.